The zero-order chi connectivity index (χ0) is 13.1. The highest BCUT2D eigenvalue weighted by Crippen LogP contribution is 2.22. The Hall–Kier alpha value is -2.36. The van der Waals surface area contributed by atoms with E-state index in [-0.39, 0.29) is 6.03 Å². The minimum atomic E-state index is -0.244. The zero-order valence-corrected chi connectivity index (χ0v) is 10.5. The molecule has 1 heterocycles. The van der Waals surface area contributed by atoms with Crippen molar-refractivity contribution in [3.63, 3.8) is 0 Å². The molecule has 3 rings (SSSR count). The van der Waals surface area contributed by atoms with Gasteiger partial charge in [0.2, 0.25) is 0 Å². The Kier molecular flexibility index (Phi) is 3.14. The van der Waals surface area contributed by atoms with Crippen LogP contribution in [0.5, 0.6) is 0 Å². The van der Waals surface area contributed by atoms with E-state index < -0.39 is 0 Å². The number of para-hydroxylation sites is 1. The number of aromatic nitrogens is 1. The summed E-state index contributed by atoms with van der Waals surface area (Å²) >= 11 is 0. The fourth-order valence-electron chi connectivity index (χ4n) is 2.31. The lowest BCUT2D eigenvalue weighted by Gasteiger charge is -2.08. The van der Waals surface area contributed by atoms with E-state index in [2.05, 4.69) is 15.6 Å². The Labute approximate surface area is 111 Å². The SMILES string of the molecule is O=C(Nc1ccccc1)Nc1cnc2c(c1)CCC2. The molecule has 1 aliphatic rings. The number of nitrogens with zero attached hydrogens (tertiary/aromatic N) is 1. The van der Waals surface area contributed by atoms with Crippen molar-refractivity contribution >= 4 is 17.4 Å². The van der Waals surface area contributed by atoms with Crippen LogP contribution in [0.25, 0.3) is 0 Å². The maximum atomic E-state index is 11.8. The second kappa shape index (κ2) is 5.10. The highest BCUT2D eigenvalue weighted by Gasteiger charge is 2.13. The van der Waals surface area contributed by atoms with Crippen LogP contribution in [0, 0.1) is 0 Å². The van der Waals surface area contributed by atoms with E-state index >= 15 is 0 Å². The van der Waals surface area contributed by atoms with Crippen LogP contribution >= 0.6 is 0 Å². The van der Waals surface area contributed by atoms with Crippen LogP contribution < -0.4 is 10.6 Å². The summed E-state index contributed by atoms with van der Waals surface area (Å²) in [6.45, 7) is 0. The third-order valence-corrected chi connectivity index (χ3v) is 3.21. The summed E-state index contributed by atoms with van der Waals surface area (Å²) in [4.78, 5) is 16.2. The third-order valence-electron chi connectivity index (χ3n) is 3.21. The smallest absolute Gasteiger partial charge is 0.308 e. The van der Waals surface area contributed by atoms with Gasteiger partial charge in [0.25, 0.3) is 0 Å². The number of fused-ring (bicyclic) bond motifs is 1. The molecule has 0 unspecified atom stereocenters. The first-order chi connectivity index (χ1) is 9.31. The maximum absolute atomic E-state index is 11.8. The van der Waals surface area contributed by atoms with E-state index in [1.54, 1.807) is 6.20 Å². The van der Waals surface area contributed by atoms with Crippen molar-refractivity contribution in [2.24, 2.45) is 0 Å². The van der Waals surface area contributed by atoms with Crippen molar-refractivity contribution in [1.29, 1.82) is 0 Å². The molecule has 2 N–H and O–H groups in total. The van der Waals surface area contributed by atoms with Crippen LogP contribution in [-0.2, 0) is 12.8 Å². The van der Waals surface area contributed by atoms with Crippen LogP contribution in [0.1, 0.15) is 17.7 Å². The van der Waals surface area contributed by atoms with Gasteiger partial charge in [-0.3, -0.25) is 4.98 Å². The number of rotatable bonds is 2. The van der Waals surface area contributed by atoms with Gasteiger partial charge in [-0.1, -0.05) is 18.2 Å². The molecule has 0 fully saturated rings. The Morgan fingerprint density at radius 2 is 1.84 bits per heavy atom. The van der Waals surface area contributed by atoms with E-state index in [1.165, 1.54) is 5.56 Å². The molecule has 96 valence electrons. The lowest BCUT2D eigenvalue weighted by Crippen LogP contribution is -2.19. The highest BCUT2D eigenvalue weighted by molar-refractivity contribution is 5.99. The van der Waals surface area contributed by atoms with Crippen LogP contribution in [0.4, 0.5) is 16.2 Å². The number of benzene rings is 1. The molecule has 2 amide bonds. The first kappa shape index (κ1) is 11.7. The molecule has 1 aliphatic carbocycles. The molecule has 0 aliphatic heterocycles. The van der Waals surface area contributed by atoms with Gasteiger partial charge in [-0.05, 0) is 43.0 Å². The van der Waals surface area contributed by atoms with Gasteiger partial charge in [0, 0.05) is 11.4 Å². The van der Waals surface area contributed by atoms with Crippen molar-refractivity contribution < 1.29 is 4.79 Å². The summed E-state index contributed by atoms with van der Waals surface area (Å²) in [5, 5.41) is 5.59. The predicted molar refractivity (Wildman–Crippen MR) is 75.3 cm³/mol. The lowest BCUT2D eigenvalue weighted by molar-refractivity contribution is 0.262. The van der Waals surface area contributed by atoms with Gasteiger partial charge in [-0.2, -0.15) is 0 Å². The summed E-state index contributed by atoms with van der Waals surface area (Å²) in [6, 6.07) is 11.1. The number of anilines is 2. The molecule has 0 atom stereocenters. The van der Waals surface area contributed by atoms with Crippen molar-refractivity contribution in [2.45, 2.75) is 19.3 Å². The van der Waals surface area contributed by atoms with Gasteiger partial charge >= 0.3 is 6.03 Å². The minimum absolute atomic E-state index is 0.244. The second-order valence-electron chi connectivity index (χ2n) is 4.63. The summed E-state index contributed by atoms with van der Waals surface area (Å²) in [6.07, 6.45) is 4.97. The molecule has 0 saturated carbocycles. The van der Waals surface area contributed by atoms with Gasteiger partial charge in [-0.25, -0.2) is 4.79 Å². The van der Waals surface area contributed by atoms with Gasteiger partial charge < -0.3 is 10.6 Å². The van der Waals surface area contributed by atoms with Gasteiger partial charge in [0.1, 0.15) is 0 Å². The molecular formula is C15H15N3O. The summed E-state index contributed by atoms with van der Waals surface area (Å²) in [5.74, 6) is 0. The van der Waals surface area contributed by atoms with Gasteiger partial charge in [0.15, 0.2) is 0 Å². The van der Waals surface area contributed by atoms with Crippen LogP contribution in [0.15, 0.2) is 42.6 Å². The number of nitrogens with one attached hydrogen (secondary N) is 2. The fourth-order valence-corrected chi connectivity index (χ4v) is 2.31. The molecule has 0 radical (unpaired) electrons. The third kappa shape index (κ3) is 2.73. The number of aryl methyl sites for hydroxylation is 2. The minimum Gasteiger partial charge on any atom is -0.308 e. The van der Waals surface area contributed by atoms with Crippen molar-refractivity contribution in [1.82, 2.24) is 4.98 Å². The monoisotopic (exact) mass is 253 g/mol. The van der Waals surface area contributed by atoms with Crippen molar-refractivity contribution in [3.8, 4) is 0 Å². The second-order valence-corrected chi connectivity index (χ2v) is 4.63. The first-order valence-corrected chi connectivity index (χ1v) is 6.42. The summed E-state index contributed by atoms with van der Waals surface area (Å²) in [7, 11) is 0. The Bertz CT molecular complexity index is 596. The standard InChI is InChI=1S/C15H15N3O/c19-15(17-12-6-2-1-3-7-12)18-13-9-11-5-4-8-14(11)16-10-13/h1-3,6-7,9-10H,4-5,8H2,(H2,17,18,19). The molecular weight excluding hydrogens is 238 g/mol. The number of urea groups is 1. The fraction of sp³-hybridized carbons (Fsp3) is 0.200. The molecule has 0 bridgehead atoms. The number of amides is 2. The van der Waals surface area contributed by atoms with E-state index in [0.717, 1.165) is 36.3 Å². The van der Waals surface area contributed by atoms with E-state index in [4.69, 9.17) is 0 Å². The first-order valence-electron chi connectivity index (χ1n) is 6.42. The molecule has 1 aromatic heterocycles. The Morgan fingerprint density at radius 1 is 1.05 bits per heavy atom. The molecule has 4 nitrogen and oxygen atoms in total. The molecule has 1 aromatic carbocycles. The average molecular weight is 253 g/mol. The van der Waals surface area contributed by atoms with Crippen LogP contribution in [0.2, 0.25) is 0 Å². The number of carbonyl (C=O) groups excluding carboxylic acids is 1. The molecule has 2 aromatic rings. The number of hydrogen-bond acceptors (Lipinski definition) is 2. The van der Waals surface area contributed by atoms with Crippen LogP contribution in [0.3, 0.4) is 0 Å². The lowest BCUT2D eigenvalue weighted by atomic mass is 10.2. The Balaban J connectivity index is 1.66. The Morgan fingerprint density at radius 3 is 2.68 bits per heavy atom. The van der Waals surface area contributed by atoms with E-state index in [9.17, 15) is 4.79 Å². The van der Waals surface area contributed by atoms with E-state index in [1.807, 2.05) is 36.4 Å². The van der Waals surface area contributed by atoms with Gasteiger partial charge in [0.05, 0.1) is 11.9 Å². The number of hydrogen-bond donors (Lipinski definition) is 2. The number of carbonyl (C=O) groups is 1. The van der Waals surface area contributed by atoms with Crippen molar-refractivity contribution in [2.75, 3.05) is 10.6 Å². The summed E-state index contributed by atoms with van der Waals surface area (Å²) in [5.41, 5.74) is 3.93. The predicted octanol–water partition coefficient (Wildman–Crippen LogP) is 3.21. The van der Waals surface area contributed by atoms with Gasteiger partial charge in [-0.15, -0.1) is 0 Å². The van der Waals surface area contributed by atoms with Crippen LogP contribution in [-0.4, -0.2) is 11.0 Å². The maximum Gasteiger partial charge on any atom is 0.323 e. The van der Waals surface area contributed by atoms with E-state index in [0.29, 0.717) is 0 Å². The van der Waals surface area contributed by atoms with Crippen molar-refractivity contribution in [3.05, 3.63) is 53.9 Å². The average Bonchev–Trinajstić information content (AvgIpc) is 2.87. The largest absolute Gasteiger partial charge is 0.323 e. The highest BCUT2D eigenvalue weighted by atomic mass is 16.2. The number of pyridine rings is 1. The molecule has 4 heteroatoms. The quantitative estimate of drug-likeness (QED) is 0.863. The summed E-state index contributed by atoms with van der Waals surface area (Å²) < 4.78 is 0. The topological polar surface area (TPSA) is 54.0 Å². The normalized spacial score (nSPS) is 12.8. The molecule has 0 spiro atoms. The molecule has 0 saturated heterocycles. The molecule has 19 heavy (non-hydrogen) atoms. The zero-order valence-electron chi connectivity index (χ0n) is 10.5.